The molecule has 4 heteroatoms. The van der Waals surface area contributed by atoms with Crippen LogP contribution in [0.5, 0.6) is 5.75 Å². The zero-order valence-electron chi connectivity index (χ0n) is 15.6. The molecule has 0 aliphatic heterocycles. The lowest BCUT2D eigenvalue weighted by Crippen LogP contribution is -2.12. The van der Waals surface area contributed by atoms with Crippen molar-refractivity contribution in [3.8, 4) is 11.8 Å². The van der Waals surface area contributed by atoms with Crippen molar-refractivity contribution in [3.63, 3.8) is 0 Å². The lowest BCUT2D eigenvalue weighted by atomic mass is 9.80. The van der Waals surface area contributed by atoms with E-state index in [0.717, 1.165) is 11.5 Å². The van der Waals surface area contributed by atoms with Crippen molar-refractivity contribution in [1.29, 1.82) is 5.26 Å². The van der Waals surface area contributed by atoms with Crippen LogP contribution in [-0.4, -0.2) is 11.0 Å². The Labute approximate surface area is 160 Å². The van der Waals surface area contributed by atoms with Gasteiger partial charge in [-0.2, -0.15) is 5.26 Å². The molecule has 0 saturated heterocycles. The summed E-state index contributed by atoms with van der Waals surface area (Å²) in [5.41, 5.74) is 1.77. The molecular weight excluding hydrogens is 336 g/mol. The molecule has 1 aromatic heterocycles. The van der Waals surface area contributed by atoms with Gasteiger partial charge in [0, 0.05) is 6.20 Å². The molecule has 1 aliphatic rings. The largest absolute Gasteiger partial charge is 0.422 e. The number of aromatic nitrogens is 1. The number of benzene rings is 1. The zero-order valence-corrected chi connectivity index (χ0v) is 15.6. The highest BCUT2D eigenvalue weighted by Crippen LogP contribution is 2.31. The highest BCUT2D eigenvalue weighted by atomic mass is 16.5. The van der Waals surface area contributed by atoms with Crippen molar-refractivity contribution in [1.82, 2.24) is 4.98 Å². The number of hydrogen-bond acceptors (Lipinski definition) is 4. The average Bonchev–Trinajstić information content (AvgIpc) is 2.73. The molecule has 1 heterocycles. The van der Waals surface area contributed by atoms with Gasteiger partial charge in [0.15, 0.2) is 0 Å². The van der Waals surface area contributed by atoms with Crippen LogP contribution in [0.4, 0.5) is 0 Å². The third-order valence-corrected chi connectivity index (χ3v) is 5.22. The molecule has 3 rings (SSSR count). The number of nitrogens with zero attached hydrogens (tertiary/aromatic N) is 2. The van der Waals surface area contributed by atoms with Crippen LogP contribution >= 0.6 is 0 Å². The molecule has 2 aromatic rings. The number of hydrogen-bond donors (Lipinski definition) is 0. The summed E-state index contributed by atoms with van der Waals surface area (Å²) in [4.78, 5) is 16.4. The van der Waals surface area contributed by atoms with Crippen molar-refractivity contribution in [3.05, 3.63) is 65.5 Å². The Balaban J connectivity index is 1.55. The summed E-state index contributed by atoms with van der Waals surface area (Å²) in [6.07, 6.45) is 12.5. The van der Waals surface area contributed by atoms with E-state index < -0.39 is 5.97 Å². The first-order valence-corrected chi connectivity index (χ1v) is 9.54. The third-order valence-electron chi connectivity index (χ3n) is 5.22. The van der Waals surface area contributed by atoms with E-state index in [4.69, 9.17) is 10.00 Å². The molecule has 4 nitrogen and oxygen atoms in total. The normalized spacial score (nSPS) is 19.6. The van der Waals surface area contributed by atoms with Crippen LogP contribution in [0.3, 0.4) is 0 Å². The van der Waals surface area contributed by atoms with E-state index in [1.165, 1.54) is 32.1 Å². The van der Waals surface area contributed by atoms with Crippen molar-refractivity contribution >= 4 is 12.0 Å². The van der Waals surface area contributed by atoms with Gasteiger partial charge in [-0.05, 0) is 73.4 Å². The number of esters is 1. The molecule has 0 spiro atoms. The minimum Gasteiger partial charge on any atom is -0.422 e. The van der Waals surface area contributed by atoms with Crippen LogP contribution in [0.1, 0.15) is 60.6 Å². The number of carbonyl (C=O) groups is 1. The van der Waals surface area contributed by atoms with Gasteiger partial charge in [-0.1, -0.05) is 31.6 Å². The highest BCUT2D eigenvalue weighted by molar-refractivity contribution is 5.89. The Morgan fingerprint density at radius 3 is 2.52 bits per heavy atom. The Morgan fingerprint density at radius 1 is 1.19 bits per heavy atom. The van der Waals surface area contributed by atoms with E-state index >= 15 is 0 Å². The second-order valence-electron chi connectivity index (χ2n) is 7.05. The van der Waals surface area contributed by atoms with Crippen molar-refractivity contribution < 1.29 is 9.53 Å². The number of rotatable bonds is 5. The van der Waals surface area contributed by atoms with Crippen LogP contribution in [0.2, 0.25) is 0 Å². The van der Waals surface area contributed by atoms with E-state index in [-0.39, 0.29) is 5.69 Å². The van der Waals surface area contributed by atoms with E-state index in [0.29, 0.717) is 17.2 Å². The van der Waals surface area contributed by atoms with Crippen LogP contribution < -0.4 is 4.74 Å². The Kier molecular flexibility index (Phi) is 6.38. The predicted octanol–water partition coefficient (Wildman–Crippen LogP) is 5.40. The first kappa shape index (κ1) is 18.8. The first-order valence-electron chi connectivity index (χ1n) is 9.54. The minimum atomic E-state index is -0.506. The van der Waals surface area contributed by atoms with Crippen LogP contribution in [0.15, 0.2) is 48.7 Å². The molecular formula is C23H24N2O2. The molecule has 0 unspecified atom stereocenters. The van der Waals surface area contributed by atoms with E-state index in [1.807, 2.05) is 12.1 Å². The SMILES string of the molecule is CCC1CCC(C=Cc2ccc(C(=O)Oc3ccc(C#N)cc3)nc2)CC1. The smallest absolute Gasteiger partial charge is 0.362 e. The molecule has 0 radical (unpaired) electrons. The van der Waals surface area contributed by atoms with Gasteiger partial charge in [0.25, 0.3) is 0 Å². The summed E-state index contributed by atoms with van der Waals surface area (Å²) in [7, 11) is 0. The van der Waals surface area contributed by atoms with Crippen molar-refractivity contribution in [2.75, 3.05) is 0 Å². The van der Waals surface area contributed by atoms with Gasteiger partial charge in [0.05, 0.1) is 11.6 Å². The van der Waals surface area contributed by atoms with Gasteiger partial charge < -0.3 is 4.74 Å². The lowest BCUT2D eigenvalue weighted by molar-refractivity contribution is 0.0728. The number of nitriles is 1. The van der Waals surface area contributed by atoms with Gasteiger partial charge in [-0.3, -0.25) is 0 Å². The number of carbonyl (C=O) groups excluding carboxylic acids is 1. The van der Waals surface area contributed by atoms with Gasteiger partial charge in [0.1, 0.15) is 11.4 Å². The molecule has 1 aliphatic carbocycles. The lowest BCUT2D eigenvalue weighted by Gasteiger charge is -2.25. The van der Waals surface area contributed by atoms with Crippen LogP contribution in [0, 0.1) is 23.2 Å². The number of allylic oxidation sites excluding steroid dienone is 1. The maximum absolute atomic E-state index is 12.2. The molecule has 1 saturated carbocycles. The van der Waals surface area contributed by atoms with Crippen LogP contribution in [0.25, 0.3) is 6.08 Å². The van der Waals surface area contributed by atoms with Crippen molar-refractivity contribution in [2.24, 2.45) is 11.8 Å². The van der Waals surface area contributed by atoms with Crippen molar-refractivity contribution in [2.45, 2.75) is 39.0 Å². The highest BCUT2D eigenvalue weighted by Gasteiger charge is 2.17. The van der Waals surface area contributed by atoms with Gasteiger partial charge >= 0.3 is 5.97 Å². The van der Waals surface area contributed by atoms with Crippen LogP contribution in [-0.2, 0) is 0 Å². The fourth-order valence-electron chi connectivity index (χ4n) is 3.42. The van der Waals surface area contributed by atoms with Gasteiger partial charge in [-0.15, -0.1) is 0 Å². The van der Waals surface area contributed by atoms with Gasteiger partial charge in [0.2, 0.25) is 0 Å². The molecule has 0 amide bonds. The summed E-state index contributed by atoms with van der Waals surface area (Å²) in [6, 6.07) is 12.0. The van der Waals surface area contributed by atoms with Gasteiger partial charge in [-0.25, -0.2) is 9.78 Å². The van der Waals surface area contributed by atoms with E-state index in [1.54, 1.807) is 36.5 Å². The second-order valence-corrected chi connectivity index (χ2v) is 7.05. The predicted molar refractivity (Wildman–Crippen MR) is 105 cm³/mol. The average molecular weight is 360 g/mol. The second kappa shape index (κ2) is 9.14. The number of ether oxygens (including phenoxy) is 1. The molecule has 0 atom stereocenters. The molecule has 1 fully saturated rings. The molecule has 0 bridgehead atoms. The molecule has 138 valence electrons. The monoisotopic (exact) mass is 360 g/mol. The molecule has 27 heavy (non-hydrogen) atoms. The summed E-state index contributed by atoms with van der Waals surface area (Å²) < 4.78 is 5.29. The maximum atomic E-state index is 12.2. The Morgan fingerprint density at radius 2 is 1.93 bits per heavy atom. The summed E-state index contributed by atoms with van der Waals surface area (Å²) in [5, 5.41) is 8.79. The molecule has 0 N–H and O–H groups in total. The Hall–Kier alpha value is -2.93. The summed E-state index contributed by atoms with van der Waals surface area (Å²) in [6.45, 7) is 2.28. The first-order chi connectivity index (χ1) is 13.2. The quantitative estimate of drug-likeness (QED) is 0.529. The number of pyridine rings is 1. The molecule has 1 aromatic carbocycles. The summed E-state index contributed by atoms with van der Waals surface area (Å²) in [5.74, 6) is 1.44. The zero-order chi connectivity index (χ0) is 19.1. The minimum absolute atomic E-state index is 0.264. The Bertz CT molecular complexity index is 824. The summed E-state index contributed by atoms with van der Waals surface area (Å²) >= 11 is 0. The fraction of sp³-hybridized carbons (Fsp3) is 0.348. The van der Waals surface area contributed by atoms with E-state index in [9.17, 15) is 4.79 Å². The topological polar surface area (TPSA) is 63.0 Å². The maximum Gasteiger partial charge on any atom is 0.362 e. The third kappa shape index (κ3) is 5.27. The van der Waals surface area contributed by atoms with E-state index in [2.05, 4.69) is 24.1 Å². The fourth-order valence-corrected chi connectivity index (χ4v) is 3.42. The standard InChI is InChI=1S/C23H24N2O2/c1-2-17-3-5-18(6-4-17)7-8-20-11-14-22(25-16-20)23(26)27-21-12-9-19(15-24)10-13-21/h7-14,16-18H,2-6H2,1H3.